The lowest BCUT2D eigenvalue weighted by Crippen LogP contribution is -2.12. The Morgan fingerprint density at radius 3 is 2.37 bits per heavy atom. The number of carbonyl (C=O) groups is 2. The standard InChI is InChI=1S/C21H15N3O3/c25-20(22-17-8-6-15(7-9-17)21(26)27)16-10-11-24-13-18(23-19(24)12-16)14-4-2-1-3-5-14/h1-13H,(H,22,25)(H,26,27). The number of carboxylic acid groups (broad SMARTS) is 1. The first-order valence-corrected chi connectivity index (χ1v) is 8.29. The lowest BCUT2D eigenvalue weighted by Gasteiger charge is -2.06. The van der Waals surface area contributed by atoms with Gasteiger partial charge in [0, 0.05) is 29.2 Å². The van der Waals surface area contributed by atoms with Gasteiger partial charge >= 0.3 is 5.97 Å². The van der Waals surface area contributed by atoms with Crippen LogP contribution in [0.2, 0.25) is 0 Å². The first kappa shape index (κ1) is 16.5. The summed E-state index contributed by atoms with van der Waals surface area (Å²) >= 11 is 0. The highest BCUT2D eigenvalue weighted by Gasteiger charge is 2.10. The molecule has 6 heteroatoms. The normalized spacial score (nSPS) is 10.7. The van der Waals surface area contributed by atoms with Crippen LogP contribution in [0.4, 0.5) is 5.69 Å². The molecule has 132 valence electrons. The van der Waals surface area contributed by atoms with Crippen molar-refractivity contribution in [1.29, 1.82) is 0 Å². The van der Waals surface area contributed by atoms with Crippen LogP contribution in [-0.4, -0.2) is 26.4 Å². The van der Waals surface area contributed by atoms with Crippen molar-refractivity contribution in [2.75, 3.05) is 5.32 Å². The van der Waals surface area contributed by atoms with E-state index >= 15 is 0 Å². The summed E-state index contributed by atoms with van der Waals surface area (Å²) in [4.78, 5) is 28.0. The maximum absolute atomic E-state index is 12.5. The molecule has 0 aliphatic carbocycles. The highest BCUT2D eigenvalue weighted by Crippen LogP contribution is 2.19. The van der Waals surface area contributed by atoms with E-state index in [-0.39, 0.29) is 11.5 Å². The Hall–Kier alpha value is -3.93. The second kappa shape index (κ2) is 6.76. The Bertz CT molecular complexity index is 1130. The molecular weight excluding hydrogens is 342 g/mol. The van der Waals surface area contributed by atoms with E-state index in [4.69, 9.17) is 5.11 Å². The highest BCUT2D eigenvalue weighted by molar-refractivity contribution is 6.05. The van der Waals surface area contributed by atoms with E-state index in [0.717, 1.165) is 11.3 Å². The van der Waals surface area contributed by atoms with Crippen LogP contribution in [0.25, 0.3) is 16.9 Å². The quantitative estimate of drug-likeness (QED) is 0.579. The van der Waals surface area contributed by atoms with Crippen LogP contribution in [0, 0.1) is 0 Å². The van der Waals surface area contributed by atoms with E-state index < -0.39 is 5.97 Å². The molecule has 0 radical (unpaired) electrons. The molecule has 0 atom stereocenters. The lowest BCUT2D eigenvalue weighted by molar-refractivity contribution is 0.0696. The number of nitrogens with one attached hydrogen (secondary N) is 1. The van der Waals surface area contributed by atoms with Gasteiger partial charge in [-0.3, -0.25) is 4.79 Å². The molecule has 0 saturated heterocycles. The molecule has 0 aliphatic rings. The second-order valence-corrected chi connectivity index (χ2v) is 6.01. The SMILES string of the molecule is O=C(O)c1ccc(NC(=O)c2ccn3cc(-c4ccccc4)nc3c2)cc1. The smallest absolute Gasteiger partial charge is 0.335 e. The van der Waals surface area contributed by atoms with Gasteiger partial charge in [-0.15, -0.1) is 0 Å². The molecule has 0 bridgehead atoms. The van der Waals surface area contributed by atoms with Crippen molar-refractivity contribution < 1.29 is 14.7 Å². The summed E-state index contributed by atoms with van der Waals surface area (Å²) in [5.41, 5.74) is 3.67. The van der Waals surface area contributed by atoms with Crippen molar-refractivity contribution >= 4 is 23.2 Å². The fraction of sp³-hybridized carbons (Fsp3) is 0. The van der Waals surface area contributed by atoms with Crippen molar-refractivity contribution in [3.63, 3.8) is 0 Å². The van der Waals surface area contributed by atoms with Crippen LogP contribution in [0.3, 0.4) is 0 Å². The molecule has 1 amide bonds. The molecule has 4 aromatic rings. The Labute approximate surface area is 154 Å². The van der Waals surface area contributed by atoms with Crippen molar-refractivity contribution in [2.45, 2.75) is 0 Å². The monoisotopic (exact) mass is 357 g/mol. The third-order valence-corrected chi connectivity index (χ3v) is 4.18. The van der Waals surface area contributed by atoms with Crippen molar-refractivity contribution in [2.24, 2.45) is 0 Å². The molecule has 0 unspecified atom stereocenters. The number of benzene rings is 2. The third-order valence-electron chi connectivity index (χ3n) is 4.18. The summed E-state index contributed by atoms with van der Waals surface area (Å²) in [6.45, 7) is 0. The van der Waals surface area contributed by atoms with E-state index in [1.165, 1.54) is 12.1 Å². The number of hydrogen-bond donors (Lipinski definition) is 2. The van der Waals surface area contributed by atoms with Gasteiger partial charge in [-0.2, -0.15) is 0 Å². The number of amides is 1. The highest BCUT2D eigenvalue weighted by atomic mass is 16.4. The lowest BCUT2D eigenvalue weighted by atomic mass is 10.2. The number of aromatic nitrogens is 2. The van der Waals surface area contributed by atoms with Crippen molar-refractivity contribution in [3.8, 4) is 11.3 Å². The number of carboxylic acids is 1. The zero-order chi connectivity index (χ0) is 18.8. The zero-order valence-electron chi connectivity index (χ0n) is 14.2. The number of fused-ring (bicyclic) bond motifs is 1. The second-order valence-electron chi connectivity index (χ2n) is 6.01. The molecule has 27 heavy (non-hydrogen) atoms. The van der Waals surface area contributed by atoms with Crippen LogP contribution in [0.15, 0.2) is 79.1 Å². The summed E-state index contributed by atoms with van der Waals surface area (Å²) in [5, 5.41) is 11.7. The van der Waals surface area contributed by atoms with Gasteiger partial charge in [-0.25, -0.2) is 9.78 Å². The first-order chi connectivity index (χ1) is 13.1. The number of nitrogens with zero attached hydrogens (tertiary/aromatic N) is 2. The molecule has 0 saturated carbocycles. The molecule has 0 spiro atoms. The Kier molecular flexibility index (Phi) is 4.14. The maximum atomic E-state index is 12.5. The number of aromatic carboxylic acids is 1. The van der Waals surface area contributed by atoms with Gasteiger partial charge in [0.05, 0.1) is 11.3 Å². The number of pyridine rings is 1. The van der Waals surface area contributed by atoms with Crippen LogP contribution < -0.4 is 5.32 Å². The van der Waals surface area contributed by atoms with E-state index in [1.54, 1.807) is 30.5 Å². The number of imidazole rings is 1. The number of rotatable bonds is 4. The van der Waals surface area contributed by atoms with Gasteiger partial charge in [0.2, 0.25) is 0 Å². The Morgan fingerprint density at radius 1 is 0.926 bits per heavy atom. The van der Waals surface area contributed by atoms with Gasteiger partial charge < -0.3 is 14.8 Å². The first-order valence-electron chi connectivity index (χ1n) is 8.29. The molecule has 2 aromatic carbocycles. The van der Waals surface area contributed by atoms with Gasteiger partial charge in [0.1, 0.15) is 5.65 Å². The molecule has 2 heterocycles. The van der Waals surface area contributed by atoms with E-state index in [1.807, 2.05) is 40.9 Å². The zero-order valence-corrected chi connectivity index (χ0v) is 14.2. The predicted molar refractivity (Wildman–Crippen MR) is 102 cm³/mol. The van der Waals surface area contributed by atoms with E-state index in [0.29, 0.717) is 16.9 Å². The molecule has 2 aromatic heterocycles. The molecule has 2 N–H and O–H groups in total. The van der Waals surface area contributed by atoms with Crippen molar-refractivity contribution in [3.05, 3.63) is 90.3 Å². The Morgan fingerprint density at radius 2 is 1.67 bits per heavy atom. The average molecular weight is 357 g/mol. The van der Waals surface area contributed by atoms with Crippen LogP contribution in [0.5, 0.6) is 0 Å². The van der Waals surface area contributed by atoms with Gasteiger partial charge in [0.15, 0.2) is 0 Å². The minimum atomic E-state index is -1.01. The van der Waals surface area contributed by atoms with Crippen LogP contribution in [0.1, 0.15) is 20.7 Å². The van der Waals surface area contributed by atoms with Crippen LogP contribution >= 0.6 is 0 Å². The average Bonchev–Trinajstić information content (AvgIpc) is 3.12. The largest absolute Gasteiger partial charge is 0.478 e. The van der Waals surface area contributed by atoms with Gasteiger partial charge in [-0.1, -0.05) is 30.3 Å². The summed E-state index contributed by atoms with van der Waals surface area (Å²) in [6, 6.07) is 19.3. The van der Waals surface area contributed by atoms with Crippen LogP contribution in [-0.2, 0) is 0 Å². The summed E-state index contributed by atoms with van der Waals surface area (Å²) < 4.78 is 1.86. The summed E-state index contributed by atoms with van der Waals surface area (Å²) in [6.07, 6.45) is 3.70. The number of carbonyl (C=O) groups excluding carboxylic acids is 1. The molecule has 6 nitrogen and oxygen atoms in total. The number of hydrogen-bond acceptors (Lipinski definition) is 3. The molecular formula is C21H15N3O3. The molecule has 0 fully saturated rings. The minimum Gasteiger partial charge on any atom is -0.478 e. The van der Waals surface area contributed by atoms with Crippen molar-refractivity contribution in [1.82, 2.24) is 9.38 Å². The van der Waals surface area contributed by atoms with Gasteiger partial charge in [-0.05, 0) is 36.4 Å². The fourth-order valence-electron chi connectivity index (χ4n) is 2.77. The third kappa shape index (κ3) is 3.41. The topological polar surface area (TPSA) is 83.7 Å². The summed E-state index contributed by atoms with van der Waals surface area (Å²) in [5.74, 6) is -1.29. The van der Waals surface area contributed by atoms with E-state index in [2.05, 4.69) is 10.3 Å². The Balaban J connectivity index is 1.58. The predicted octanol–water partition coefficient (Wildman–Crippen LogP) is 3.95. The fourth-order valence-corrected chi connectivity index (χ4v) is 2.77. The number of anilines is 1. The molecule has 4 rings (SSSR count). The van der Waals surface area contributed by atoms with E-state index in [9.17, 15) is 9.59 Å². The molecule has 0 aliphatic heterocycles. The minimum absolute atomic E-state index is 0.167. The summed E-state index contributed by atoms with van der Waals surface area (Å²) in [7, 11) is 0. The van der Waals surface area contributed by atoms with Gasteiger partial charge in [0.25, 0.3) is 5.91 Å². The maximum Gasteiger partial charge on any atom is 0.335 e.